The molecule has 2 N–H and O–H groups in total. The number of hydrogen-bond donors (Lipinski definition) is 1. The van der Waals surface area contributed by atoms with Crippen LogP contribution >= 0.6 is 0 Å². The molecular weight excluding hydrogens is 166 g/mol. The van der Waals surface area contributed by atoms with Crippen molar-refractivity contribution in [1.82, 2.24) is 9.61 Å². The van der Waals surface area contributed by atoms with E-state index in [4.69, 9.17) is 5.73 Å². The normalized spacial score (nSPS) is 10.5. The number of nitrogens with zero attached hydrogens (tertiary/aromatic N) is 2. The van der Waals surface area contributed by atoms with Crippen molar-refractivity contribution in [3.05, 3.63) is 30.1 Å². The number of ketones is 1. The lowest BCUT2D eigenvalue weighted by Gasteiger charge is -1.95. The quantitative estimate of drug-likeness (QED) is 0.660. The van der Waals surface area contributed by atoms with Crippen LogP contribution in [0.5, 0.6) is 0 Å². The number of Topliss-reactive ketones (excluding diaryl/α,β-unsaturated/α-hetero) is 1. The highest BCUT2D eigenvalue weighted by atomic mass is 16.1. The van der Waals surface area contributed by atoms with Crippen molar-refractivity contribution in [2.24, 2.45) is 0 Å². The van der Waals surface area contributed by atoms with Gasteiger partial charge in [-0.25, -0.2) is 4.52 Å². The summed E-state index contributed by atoms with van der Waals surface area (Å²) < 4.78 is 1.60. The molecule has 0 aliphatic rings. The molecule has 0 saturated heterocycles. The van der Waals surface area contributed by atoms with Crippen LogP contribution in [0.2, 0.25) is 0 Å². The van der Waals surface area contributed by atoms with Gasteiger partial charge in [0, 0.05) is 0 Å². The molecule has 2 aromatic rings. The van der Waals surface area contributed by atoms with Crippen molar-refractivity contribution in [1.29, 1.82) is 0 Å². The molecule has 2 aromatic heterocycles. The second kappa shape index (κ2) is 2.58. The van der Waals surface area contributed by atoms with Crippen molar-refractivity contribution < 1.29 is 4.79 Å². The Bertz CT molecular complexity index is 473. The minimum atomic E-state index is 0.0137. The fraction of sp³-hybridized carbons (Fsp3) is 0.111. The maximum absolute atomic E-state index is 11.1. The minimum absolute atomic E-state index is 0.0137. The number of carbonyl (C=O) groups excluding carboxylic acids is 1. The van der Waals surface area contributed by atoms with Gasteiger partial charge in [0.05, 0.1) is 29.2 Å². The summed E-state index contributed by atoms with van der Waals surface area (Å²) in [7, 11) is 0. The zero-order chi connectivity index (χ0) is 9.42. The number of anilines is 1. The standard InChI is InChI=1S/C9H9N3O/c1-6(13)8-4-11-12-5-7(10)2-3-9(8)12/h2-5H,10H2,1H3. The van der Waals surface area contributed by atoms with Crippen LogP contribution < -0.4 is 5.73 Å². The molecule has 0 unspecified atom stereocenters. The van der Waals surface area contributed by atoms with Crippen LogP contribution in [0.25, 0.3) is 5.52 Å². The van der Waals surface area contributed by atoms with E-state index >= 15 is 0 Å². The summed E-state index contributed by atoms with van der Waals surface area (Å²) in [4.78, 5) is 11.1. The Morgan fingerprint density at radius 3 is 3.00 bits per heavy atom. The van der Waals surface area contributed by atoms with Gasteiger partial charge < -0.3 is 5.73 Å². The van der Waals surface area contributed by atoms with Gasteiger partial charge in [0.25, 0.3) is 0 Å². The van der Waals surface area contributed by atoms with Crippen LogP contribution in [0.1, 0.15) is 17.3 Å². The van der Waals surface area contributed by atoms with Gasteiger partial charge in [-0.1, -0.05) is 0 Å². The van der Waals surface area contributed by atoms with Crippen molar-refractivity contribution in [3.8, 4) is 0 Å². The molecular formula is C9H9N3O. The Labute approximate surface area is 75.0 Å². The Kier molecular flexibility index (Phi) is 1.55. The first kappa shape index (κ1) is 7.79. The first-order chi connectivity index (χ1) is 6.18. The van der Waals surface area contributed by atoms with Crippen molar-refractivity contribution in [3.63, 3.8) is 0 Å². The largest absolute Gasteiger partial charge is 0.397 e. The predicted molar refractivity (Wildman–Crippen MR) is 49.6 cm³/mol. The summed E-state index contributed by atoms with van der Waals surface area (Å²) in [5, 5.41) is 4.02. The summed E-state index contributed by atoms with van der Waals surface area (Å²) >= 11 is 0. The number of aromatic nitrogens is 2. The van der Waals surface area contributed by atoms with E-state index in [2.05, 4.69) is 5.10 Å². The third-order valence-corrected chi connectivity index (χ3v) is 1.92. The average Bonchev–Trinajstić information content (AvgIpc) is 2.46. The van der Waals surface area contributed by atoms with Crippen molar-refractivity contribution in [2.45, 2.75) is 6.92 Å². The molecule has 4 nitrogen and oxygen atoms in total. The Morgan fingerprint density at radius 2 is 2.31 bits per heavy atom. The van der Waals surface area contributed by atoms with Gasteiger partial charge in [0.1, 0.15) is 0 Å². The van der Waals surface area contributed by atoms with Crippen LogP contribution in [-0.4, -0.2) is 15.4 Å². The van der Waals surface area contributed by atoms with Crippen molar-refractivity contribution in [2.75, 3.05) is 5.73 Å². The summed E-state index contributed by atoms with van der Waals surface area (Å²) in [6.45, 7) is 1.52. The number of carbonyl (C=O) groups is 1. The lowest BCUT2D eigenvalue weighted by atomic mass is 10.2. The van der Waals surface area contributed by atoms with Gasteiger partial charge in [-0.3, -0.25) is 4.79 Å². The van der Waals surface area contributed by atoms with E-state index in [1.54, 1.807) is 29.0 Å². The van der Waals surface area contributed by atoms with Gasteiger partial charge in [0.2, 0.25) is 0 Å². The predicted octanol–water partition coefficient (Wildman–Crippen LogP) is 1.12. The fourth-order valence-electron chi connectivity index (χ4n) is 1.27. The van der Waals surface area contributed by atoms with E-state index in [9.17, 15) is 4.79 Å². The molecule has 0 bridgehead atoms. The van der Waals surface area contributed by atoms with Crippen LogP contribution in [-0.2, 0) is 0 Å². The number of fused-ring (bicyclic) bond motifs is 1. The lowest BCUT2D eigenvalue weighted by Crippen LogP contribution is -1.93. The summed E-state index contributed by atoms with van der Waals surface area (Å²) in [6.07, 6.45) is 3.24. The Balaban J connectivity index is 2.76. The van der Waals surface area contributed by atoms with Gasteiger partial charge >= 0.3 is 0 Å². The Hall–Kier alpha value is -1.84. The molecule has 2 heterocycles. The molecule has 0 fully saturated rings. The van der Waals surface area contributed by atoms with Crippen LogP contribution in [0.4, 0.5) is 5.69 Å². The first-order valence-electron chi connectivity index (χ1n) is 3.92. The van der Waals surface area contributed by atoms with E-state index in [1.165, 1.54) is 6.92 Å². The lowest BCUT2D eigenvalue weighted by molar-refractivity contribution is 0.101. The molecule has 0 amide bonds. The number of rotatable bonds is 1. The minimum Gasteiger partial charge on any atom is -0.397 e. The average molecular weight is 175 g/mol. The molecule has 0 spiro atoms. The second-order valence-electron chi connectivity index (χ2n) is 2.91. The summed E-state index contributed by atoms with van der Waals surface area (Å²) in [6, 6.07) is 3.54. The molecule has 66 valence electrons. The molecule has 0 aromatic carbocycles. The maximum atomic E-state index is 11.1. The molecule has 13 heavy (non-hydrogen) atoms. The third-order valence-electron chi connectivity index (χ3n) is 1.92. The van der Waals surface area contributed by atoms with Gasteiger partial charge in [-0.2, -0.15) is 5.10 Å². The summed E-state index contributed by atoms with van der Waals surface area (Å²) in [5.41, 5.74) is 7.61. The smallest absolute Gasteiger partial charge is 0.163 e. The van der Waals surface area contributed by atoms with E-state index in [1.807, 2.05) is 0 Å². The molecule has 0 aliphatic carbocycles. The highest BCUT2D eigenvalue weighted by molar-refractivity contribution is 6.00. The number of hydrogen-bond acceptors (Lipinski definition) is 3. The molecule has 0 saturated carbocycles. The number of nitrogens with two attached hydrogens (primary N) is 1. The third kappa shape index (κ3) is 1.16. The van der Waals surface area contributed by atoms with Crippen molar-refractivity contribution >= 4 is 17.0 Å². The van der Waals surface area contributed by atoms with Crippen LogP contribution in [0, 0.1) is 0 Å². The van der Waals surface area contributed by atoms with E-state index < -0.39 is 0 Å². The van der Waals surface area contributed by atoms with Gasteiger partial charge in [0.15, 0.2) is 5.78 Å². The second-order valence-corrected chi connectivity index (χ2v) is 2.91. The van der Waals surface area contributed by atoms with E-state index in [0.717, 1.165) is 5.52 Å². The number of pyridine rings is 1. The van der Waals surface area contributed by atoms with Crippen LogP contribution in [0.3, 0.4) is 0 Å². The molecule has 2 rings (SSSR count). The SMILES string of the molecule is CC(=O)c1cnn2cc(N)ccc12. The van der Waals surface area contributed by atoms with E-state index in [0.29, 0.717) is 11.3 Å². The zero-order valence-electron chi connectivity index (χ0n) is 7.19. The first-order valence-corrected chi connectivity index (χ1v) is 3.92. The molecule has 0 aliphatic heterocycles. The zero-order valence-corrected chi connectivity index (χ0v) is 7.19. The van der Waals surface area contributed by atoms with E-state index in [-0.39, 0.29) is 5.78 Å². The fourth-order valence-corrected chi connectivity index (χ4v) is 1.27. The summed E-state index contributed by atoms with van der Waals surface area (Å²) in [5.74, 6) is 0.0137. The van der Waals surface area contributed by atoms with Crippen LogP contribution in [0.15, 0.2) is 24.5 Å². The highest BCUT2D eigenvalue weighted by Crippen LogP contribution is 2.12. The molecule has 0 radical (unpaired) electrons. The molecule has 4 heteroatoms. The topological polar surface area (TPSA) is 60.4 Å². The monoisotopic (exact) mass is 175 g/mol. The Morgan fingerprint density at radius 1 is 1.54 bits per heavy atom. The number of nitrogen functional groups attached to an aromatic ring is 1. The van der Waals surface area contributed by atoms with Gasteiger partial charge in [-0.05, 0) is 19.1 Å². The molecule has 0 atom stereocenters. The maximum Gasteiger partial charge on any atom is 0.163 e. The highest BCUT2D eigenvalue weighted by Gasteiger charge is 2.07. The van der Waals surface area contributed by atoms with Gasteiger partial charge in [-0.15, -0.1) is 0 Å².